The topological polar surface area (TPSA) is 29.8 Å². The molecule has 0 bridgehead atoms. The third kappa shape index (κ3) is 2.45. The molecule has 0 saturated carbocycles. The van der Waals surface area contributed by atoms with Gasteiger partial charge in [-0.25, -0.2) is 4.98 Å². The Morgan fingerprint density at radius 1 is 1.37 bits per heavy atom. The first-order chi connectivity index (χ1) is 9.30. The van der Waals surface area contributed by atoms with Gasteiger partial charge in [0.2, 0.25) is 0 Å². The zero-order chi connectivity index (χ0) is 13.2. The standard InChI is InChI=1S/C15H21N3O/c1-3-17-7-4-12(5-8-17)14-11-18-9-6-13(19-2)10-15(18)16-14/h6,9-12H,3-5,7-8H2,1-2H3. The maximum atomic E-state index is 5.25. The molecule has 19 heavy (non-hydrogen) atoms. The average molecular weight is 259 g/mol. The van der Waals surface area contributed by atoms with Crippen LogP contribution in [0.4, 0.5) is 0 Å². The van der Waals surface area contributed by atoms with Crippen LogP contribution < -0.4 is 4.74 Å². The lowest BCUT2D eigenvalue weighted by Crippen LogP contribution is -2.32. The Balaban J connectivity index is 1.81. The van der Waals surface area contributed by atoms with Crippen LogP contribution in [0.5, 0.6) is 5.75 Å². The molecule has 102 valence electrons. The Labute approximate surface area is 114 Å². The van der Waals surface area contributed by atoms with Crippen molar-refractivity contribution in [1.82, 2.24) is 14.3 Å². The zero-order valence-corrected chi connectivity index (χ0v) is 11.7. The van der Waals surface area contributed by atoms with Gasteiger partial charge in [-0.1, -0.05) is 6.92 Å². The van der Waals surface area contributed by atoms with E-state index >= 15 is 0 Å². The fourth-order valence-electron chi connectivity index (χ4n) is 2.85. The highest BCUT2D eigenvalue weighted by Gasteiger charge is 2.21. The summed E-state index contributed by atoms with van der Waals surface area (Å²) in [4.78, 5) is 7.27. The molecule has 4 heteroatoms. The number of hydrogen-bond donors (Lipinski definition) is 0. The van der Waals surface area contributed by atoms with E-state index in [1.807, 2.05) is 18.3 Å². The second-order valence-corrected chi connectivity index (χ2v) is 5.21. The normalized spacial score (nSPS) is 18.0. The van der Waals surface area contributed by atoms with Crippen LogP contribution in [-0.2, 0) is 0 Å². The van der Waals surface area contributed by atoms with E-state index in [0.29, 0.717) is 5.92 Å². The minimum atomic E-state index is 0.605. The van der Waals surface area contributed by atoms with Crippen molar-refractivity contribution in [3.05, 3.63) is 30.2 Å². The number of aromatic nitrogens is 2. The number of nitrogens with zero attached hydrogens (tertiary/aromatic N) is 3. The maximum Gasteiger partial charge on any atom is 0.140 e. The number of piperidine rings is 1. The molecule has 3 rings (SSSR count). The molecule has 1 aliphatic rings. The third-order valence-electron chi connectivity index (χ3n) is 4.14. The van der Waals surface area contributed by atoms with Crippen LogP contribution in [-0.4, -0.2) is 41.0 Å². The second kappa shape index (κ2) is 5.21. The summed E-state index contributed by atoms with van der Waals surface area (Å²) in [5.41, 5.74) is 2.20. The van der Waals surface area contributed by atoms with Crippen LogP contribution in [0.15, 0.2) is 24.5 Å². The SMILES string of the molecule is CCN1CCC(c2cn3ccc(OC)cc3n2)CC1. The van der Waals surface area contributed by atoms with Crippen LogP contribution in [0, 0.1) is 0 Å². The molecule has 0 unspecified atom stereocenters. The molecular weight excluding hydrogens is 238 g/mol. The summed E-state index contributed by atoms with van der Waals surface area (Å²) in [5, 5.41) is 0. The van der Waals surface area contributed by atoms with Gasteiger partial charge in [0.1, 0.15) is 11.4 Å². The van der Waals surface area contributed by atoms with Crippen LogP contribution >= 0.6 is 0 Å². The molecule has 0 N–H and O–H groups in total. The Morgan fingerprint density at radius 2 is 2.16 bits per heavy atom. The van der Waals surface area contributed by atoms with Crippen molar-refractivity contribution in [3.8, 4) is 5.75 Å². The highest BCUT2D eigenvalue weighted by molar-refractivity contribution is 5.46. The fraction of sp³-hybridized carbons (Fsp3) is 0.533. The van der Waals surface area contributed by atoms with E-state index in [1.165, 1.54) is 31.6 Å². The van der Waals surface area contributed by atoms with Gasteiger partial charge in [-0.05, 0) is 38.5 Å². The number of hydrogen-bond acceptors (Lipinski definition) is 3. The Morgan fingerprint density at radius 3 is 2.84 bits per heavy atom. The summed E-state index contributed by atoms with van der Waals surface area (Å²) in [6.45, 7) is 5.78. The molecule has 3 heterocycles. The first-order valence-corrected chi connectivity index (χ1v) is 7.05. The number of imidazole rings is 1. The smallest absolute Gasteiger partial charge is 0.140 e. The van der Waals surface area contributed by atoms with Gasteiger partial charge in [-0.3, -0.25) is 0 Å². The van der Waals surface area contributed by atoms with Gasteiger partial charge in [0, 0.05) is 24.4 Å². The molecule has 0 aromatic carbocycles. The van der Waals surface area contributed by atoms with E-state index < -0.39 is 0 Å². The molecule has 2 aromatic rings. The van der Waals surface area contributed by atoms with Gasteiger partial charge >= 0.3 is 0 Å². The lowest BCUT2D eigenvalue weighted by Gasteiger charge is -2.30. The maximum absolute atomic E-state index is 5.25. The highest BCUT2D eigenvalue weighted by atomic mass is 16.5. The number of rotatable bonds is 3. The number of pyridine rings is 1. The molecule has 2 aromatic heterocycles. The van der Waals surface area contributed by atoms with E-state index in [4.69, 9.17) is 9.72 Å². The van der Waals surface area contributed by atoms with Crippen LogP contribution in [0.1, 0.15) is 31.4 Å². The summed E-state index contributed by atoms with van der Waals surface area (Å²) in [5.74, 6) is 1.47. The van der Waals surface area contributed by atoms with E-state index in [1.54, 1.807) is 7.11 Å². The van der Waals surface area contributed by atoms with Gasteiger partial charge in [-0.15, -0.1) is 0 Å². The molecule has 0 amide bonds. The summed E-state index contributed by atoms with van der Waals surface area (Å²) < 4.78 is 7.33. The quantitative estimate of drug-likeness (QED) is 0.848. The number of likely N-dealkylation sites (tertiary alicyclic amines) is 1. The third-order valence-corrected chi connectivity index (χ3v) is 4.14. The van der Waals surface area contributed by atoms with E-state index in [-0.39, 0.29) is 0 Å². The predicted octanol–water partition coefficient (Wildman–Crippen LogP) is 2.54. The van der Waals surface area contributed by atoms with Gasteiger partial charge in [0.05, 0.1) is 12.8 Å². The molecule has 1 saturated heterocycles. The Kier molecular flexibility index (Phi) is 3.42. The van der Waals surface area contributed by atoms with Gasteiger partial charge in [0.25, 0.3) is 0 Å². The molecule has 0 spiro atoms. The molecule has 1 fully saturated rings. The molecule has 0 aliphatic carbocycles. The summed E-state index contributed by atoms with van der Waals surface area (Å²) in [6, 6.07) is 3.96. The first-order valence-electron chi connectivity index (χ1n) is 7.05. The Hall–Kier alpha value is -1.55. The molecular formula is C15H21N3O. The average Bonchev–Trinajstić information content (AvgIpc) is 2.90. The van der Waals surface area contributed by atoms with Crippen molar-refractivity contribution in [2.45, 2.75) is 25.7 Å². The van der Waals surface area contributed by atoms with E-state index in [9.17, 15) is 0 Å². The minimum absolute atomic E-state index is 0.605. The van der Waals surface area contributed by atoms with Crippen molar-refractivity contribution in [3.63, 3.8) is 0 Å². The van der Waals surface area contributed by atoms with Gasteiger partial charge < -0.3 is 14.0 Å². The molecule has 4 nitrogen and oxygen atoms in total. The lowest BCUT2D eigenvalue weighted by molar-refractivity contribution is 0.221. The predicted molar refractivity (Wildman–Crippen MR) is 75.8 cm³/mol. The van der Waals surface area contributed by atoms with Crippen LogP contribution in [0.3, 0.4) is 0 Å². The van der Waals surface area contributed by atoms with Crippen molar-refractivity contribution < 1.29 is 4.74 Å². The zero-order valence-electron chi connectivity index (χ0n) is 11.7. The summed E-state index contributed by atoms with van der Waals surface area (Å²) in [6.07, 6.45) is 6.62. The minimum Gasteiger partial charge on any atom is -0.497 e. The monoisotopic (exact) mass is 259 g/mol. The van der Waals surface area contributed by atoms with Crippen molar-refractivity contribution in [2.75, 3.05) is 26.7 Å². The van der Waals surface area contributed by atoms with Crippen molar-refractivity contribution in [2.24, 2.45) is 0 Å². The molecule has 1 aliphatic heterocycles. The largest absolute Gasteiger partial charge is 0.497 e. The fourth-order valence-corrected chi connectivity index (χ4v) is 2.85. The molecule has 0 atom stereocenters. The van der Waals surface area contributed by atoms with Crippen molar-refractivity contribution >= 4 is 5.65 Å². The van der Waals surface area contributed by atoms with Crippen molar-refractivity contribution in [1.29, 1.82) is 0 Å². The van der Waals surface area contributed by atoms with Crippen LogP contribution in [0.25, 0.3) is 5.65 Å². The first kappa shape index (κ1) is 12.5. The number of methoxy groups -OCH3 is 1. The second-order valence-electron chi connectivity index (χ2n) is 5.21. The number of ether oxygens (including phenoxy) is 1. The summed E-state index contributed by atoms with van der Waals surface area (Å²) in [7, 11) is 1.69. The number of fused-ring (bicyclic) bond motifs is 1. The van der Waals surface area contributed by atoms with E-state index in [0.717, 1.165) is 17.9 Å². The van der Waals surface area contributed by atoms with Crippen LogP contribution in [0.2, 0.25) is 0 Å². The van der Waals surface area contributed by atoms with Gasteiger partial charge in [0.15, 0.2) is 0 Å². The summed E-state index contributed by atoms with van der Waals surface area (Å²) >= 11 is 0. The molecule has 0 radical (unpaired) electrons. The van der Waals surface area contributed by atoms with Gasteiger partial charge in [-0.2, -0.15) is 0 Å². The highest BCUT2D eigenvalue weighted by Crippen LogP contribution is 2.28. The Bertz CT molecular complexity index is 556. The van der Waals surface area contributed by atoms with E-state index in [2.05, 4.69) is 22.4 Å². The lowest BCUT2D eigenvalue weighted by atomic mass is 9.94.